The number of allylic oxidation sites excluding steroid dienone is 1. The van der Waals surface area contributed by atoms with Gasteiger partial charge in [-0.05, 0) is 18.6 Å². The highest BCUT2D eigenvalue weighted by Crippen LogP contribution is 2.27. The predicted molar refractivity (Wildman–Crippen MR) is 97.4 cm³/mol. The predicted octanol–water partition coefficient (Wildman–Crippen LogP) is 3.41. The molecule has 0 spiro atoms. The molecule has 2 aromatic rings. The maximum Gasteiger partial charge on any atom is 0.319 e. The summed E-state index contributed by atoms with van der Waals surface area (Å²) in [5, 5.41) is 0.705. The standard InChI is InChI=1S/C18H22N2O3S/c1-4-6-11-15(17(22)23-3)24-18-19-14-10-8-7-9-13(14)16(21)20(18)12-5-2/h5,7-10,15H,2,4,6,11-12H2,1,3H3. The van der Waals surface area contributed by atoms with Crippen LogP contribution < -0.4 is 5.56 Å². The molecule has 1 heterocycles. The van der Waals surface area contributed by atoms with Crippen LogP contribution in [0.15, 0.2) is 46.9 Å². The fraction of sp³-hybridized carbons (Fsp3) is 0.389. The number of aromatic nitrogens is 2. The number of esters is 1. The molecule has 2 rings (SSSR count). The third kappa shape index (κ3) is 4.06. The molecule has 0 fully saturated rings. The van der Waals surface area contributed by atoms with Crippen LogP contribution in [0, 0.1) is 0 Å². The Morgan fingerprint density at radius 2 is 2.21 bits per heavy atom. The van der Waals surface area contributed by atoms with Crippen molar-refractivity contribution in [3.63, 3.8) is 0 Å². The van der Waals surface area contributed by atoms with E-state index in [2.05, 4.69) is 18.5 Å². The van der Waals surface area contributed by atoms with E-state index in [0.29, 0.717) is 29.0 Å². The highest BCUT2D eigenvalue weighted by atomic mass is 32.2. The zero-order valence-electron chi connectivity index (χ0n) is 14.0. The Morgan fingerprint density at radius 3 is 2.88 bits per heavy atom. The van der Waals surface area contributed by atoms with Crippen LogP contribution in [-0.2, 0) is 16.1 Å². The summed E-state index contributed by atoms with van der Waals surface area (Å²) in [6.07, 6.45) is 4.23. The first kappa shape index (κ1) is 18.3. The number of unbranched alkanes of at least 4 members (excludes halogenated alkanes) is 1. The summed E-state index contributed by atoms with van der Waals surface area (Å²) in [6.45, 7) is 6.13. The van der Waals surface area contributed by atoms with E-state index in [1.807, 2.05) is 12.1 Å². The van der Waals surface area contributed by atoms with Gasteiger partial charge in [0, 0.05) is 6.54 Å². The molecule has 0 bridgehead atoms. The molecule has 5 nitrogen and oxygen atoms in total. The monoisotopic (exact) mass is 346 g/mol. The molecule has 0 aliphatic rings. The van der Waals surface area contributed by atoms with Gasteiger partial charge in [0.1, 0.15) is 5.25 Å². The Balaban J connectivity index is 2.48. The molecule has 0 aliphatic heterocycles. The summed E-state index contributed by atoms with van der Waals surface area (Å²) < 4.78 is 6.46. The first-order valence-corrected chi connectivity index (χ1v) is 8.85. The smallest absolute Gasteiger partial charge is 0.319 e. The summed E-state index contributed by atoms with van der Waals surface area (Å²) in [5.74, 6) is -0.291. The number of hydrogen-bond acceptors (Lipinski definition) is 5. The number of fused-ring (bicyclic) bond motifs is 1. The van der Waals surface area contributed by atoms with Crippen molar-refractivity contribution >= 4 is 28.6 Å². The molecule has 1 aromatic heterocycles. The van der Waals surface area contributed by atoms with Crippen molar-refractivity contribution in [2.45, 2.75) is 43.1 Å². The fourth-order valence-corrected chi connectivity index (χ4v) is 3.57. The third-order valence-corrected chi connectivity index (χ3v) is 4.91. The van der Waals surface area contributed by atoms with E-state index in [9.17, 15) is 9.59 Å². The van der Waals surface area contributed by atoms with Crippen LogP contribution in [0.2, 0.25) is 0 Å². The van der Waals surface area contributed by atoms with Crippen LogP contribution in [0.1, 0.15) is 26.2 Å². The van der Waals surface area contributed by atoms with Crippen molar-refractivity contribution < 1.29 is 9.53 Å². The van der Waals surface area contributed by atoms with Gasteiger partial charge in [-0.2, -0.15) is 0 Å². The normalized spacial score (nSPS) is 12.1. The van der Waals surface area contributed by atoms with Crippen LogP contribution in [-0.4, -0.2) is 27.9 Å². The number of rotatable bonds is 8. The molecule has 0 saturated carbocycles. The Kier molecular flexibility index (Phi) is 6.61. The second-order valence-corrected chi connectivity index (χ2v) is 6.56. The maximum absolute atomic E-state index is 12.7. The molecule has 0 N–H and O–H groups in total. The lowest BCUT2D eigenvalue weighted by atomic mass is 10.2. The molecule has 1 unspecified atom stereocenters. The summed E-state index contributed by atoms with van der Waals surface area (Å²) in [7, 11) is 1.38. The molecule has 6 heteroatoms. The molecule has 0 radical (unpaired) electrons. The number of hydrogen-bond donors (Lipinski definition) is 0. The van der Waals surface area contributed by atoms with Gasteiger partial charge in [0.15, 0.2) is 5.16 Å². The summed E-state index contributed by atoms with van der Waals surface area (Å²) in [5.41, 5.74) is 0.506. The van der Waals surface area contributed by atoms with Crippen molar-refractivity contribution in [3.05, 3.63) is 47.3 Å². The van der Waals surface area contributed by atoms with E-state index in [-0.39, 0.29) is 16.8 Å². The van der Waals surface area contributed by atoms with Crippen LogP contribution in [0.4, 0.5) is 0 Å². The first-order valence-electron chi connectivity index (χ1n) is 7.97. The van der Waals surface area contributed by atoms with Gasteiger partial charge in [0.05, 0.1) is 18.0 Å². The van der Waals surface area contributed by atoms with Crippen molar-refractivity contribution in [1.29, 1.82) is 0 Å². The van der Waals surface area contributed by atoms with Gasteiger partial charge >= 0.3 is 5.97 Å². The van der Waals surface area contributed by atoms with Crippen molar-refractivity contribution in [3.8, 4) is 0 Å². The third-order valence-electron chi connectivity index (χ3n) is 3.67. The zero-order chi connectivity index (χ0) is 17.5. The number of benzene rings is 1. The molecule has 0 saturated heterocycles. The minimum atomic E-state index is -0.376. The Bertz CT molecular complexity index is 785. The van der Waals surface area contributed by atoms with Crippen LogP contribution in [0.25, 0.3) is 10.9 Å². The Hall–Kier alpha value is -2.08. The number of carbonyl (C=O) groups excluding carboxylic acids is 1. The first-order chi connectivity index (χ1) is 11.6. The lowest BCUT2D eigenvalue weighted by molar-refractivity contribution is -0.140. The number of carbonyl (C=O) groups is 1. The Labute approximate surface area is 145 Å². The number of para-hydroxylation sites is 1. The van der Waals surface area contributed by atoms with Crippen molar-refractivity contribution in [2.75, 3.05) is 7.11 Å². The SMILES string of the molecule is C=CCn1c(SC(CCCC)C(=O)OC)nc2ccccc2c1=O. The molecular weight excluding hydrogens is 324 g/mol. The highest BCUT2D eigenvalue weighted by molar-refractivity contribution is 8.00. The van der Waals surface area contributed by atoms with Crippen molar-refractivity contribution in [1.82, 2.24) is 9.55 Å². The van der Waals surface area contributed by atoms with Gasteiger partial charge in [-0.25, -0.2) is 4.98 Å². The van der Waals surface area contributed by atoms with Gasteiger partial charge in [-0.3, -0.25) is 14.2 Å². The lowest BCUT2D eigenvalue weighted by Crippen LogP contribution is -2.25. The van der Waals surface area contributed by atoms with Gasteiger partial charge in [-0.1, -0.05) is 49.7 Å². The summed E-state index contributed by atoms with van der Waals surface area (Å²) >= 11 is 1.29. The van der Waals surface area contributed by atoms with E-state index in [1.54, 1.807) is 22.8 Å². The van der Waals surface area contributed by atoms with Crippen molar-refractivity contribution in [2.24, 2.45) is 0 Å². The molecule has 0 aliphatic carbocycles. The second-order valence-electron chi connectivity index (χ2n) is 5.39. The Morgan fingerprint density at radius 1 is 1.46 bits per heavy atom. The van der Waals surface area contributed by atoms with E-state index in [0.717, 1.165) is 12.8 Å². The lowest BCUT2D eigenvalue weighted by Gasteiger charge is -2.16. The van der Waals surface area contributed by atoms with Gasteiger partial charge < -0.3 is 4.74 Å². The van der Waals surface area contributed by atoms with E-state index >= 15 is 0 Å². The fourth-order valence-electron chi connectivity index (χ4n) is 2.40. The van der Waals surface area contributed by atoms with Crippen LogP contribution >= 0.6 is 11.8 Å². The topological polar surface area (TPSA) is 61.2 Å². The number of nitrogens with zero attached hydrogens (tertiary/aromatic N) is 2. The quantitative estimate of drug-likeness (QED) is 0.317. The average Bonchev–Trinajstić information content (AvgIpc) is 2.61. The van der Waals surface area contributed by atoms with E-state index < -0.39 is 0 Å². The molecular formula is C18H22N2O3S. The summed E-state index contributed by atoms with van der Waals surface area (Å²) in [6, 6.07) is 7.22. The van der Waals surface area contributed by atoms with Gasteiger partial charge in [0.25, 0.3) is 5.56 Å². The van der Waals surface area contributed by atoms with Crippen LogP contribution in [0.3, 0.4) is 0 Å². The molecule has 1 atom stereocenters. The van der Waals surface area contributed by atoms with Gasteiger partial charge in [0.2, 0.25) is 0 Å². The highest BCUT2D eigenvalue weighted by Gasteiger charge is 2.23. The second kappa shape index (κ2) is 8.68. The number of methoxy groups -OCH3 is 1. The molecule has 24 heavy (non-hydrogen) atoms. The van der Waals surface area contributed by atoms with E-state index in [4.69, 9.17) is 4.74 Å². The van der Waals surface area contributed by atoms with E-state index in [1.165, 1.54) is 18.9 Å². The number of ether oxygens (including phenoxy) is 1. The molecule has 1 aromatic carbocycles. The maximum atomic E-state index is 12.7. The largest absolute Gasteiger partial charge is 0.468 e. The summed E-state index contributed by atoms with van der Waals surface area (Å²) in [4.78, 5) is 29.4. The minimum absolute atomic E-state index is 0.123. The minimum Gasteiger partial charge on any atom is -0.468 e. The van der Waals surface area contributed by atoms with Crippen LogP contribution in [0.5, 0.6) is 0 Å². The van der Waals surface area contributed by atoms with Gasteiger partial charge in [-0.15, -0.1) is 6.58 Å². The molecule has 0 amide bonds. The average molecular weight is 346 g/mol. The molecule has 128 valence electrons. The number of thioether (sulfide) groups is 1. The zero-order valence-corrected chi connectivity index (χ0v) is 14.8.